The normalized spacial score (nSPS) is 10.3. The fraction of sp³-hybridized carbons (Fsp3) is 0.217. The lowest BCUT2D eigenvalue weighted by atomic mass is 10.1. The Morgan fingerprint density at radius 2 is 1.91 bits per heavy atom. The lowest BCUT2D eigenvalue weighted by molar-refractivity contribution is -0.116. The van der Waals surface area contributed by atoms with E-state index in [4.69, 9.17) is 26.3 Å². The third-order valence-corrected chi connectivity index (χ3v) is 4.93. The van der Waals surface area contributed by atoms with Crippen molar-refractivity contribution in [1.82, 2.24) is 9.78 Å². The van der Waals surface area contributed by atoms with Crippen LogP contribution < -0.4 is 20.3 Å². The molecule has 0 aliphatic heterocycles. The molecule has 1 amide bonds. The highest BCUT2D eigenvalue weighted by Gasteiger charge is 2.11. The van der Waals surface area contributed by atoms with E-state index < -0.39 is 0 Å². The highest BCUT2D eigenvalue weighted by atomic mass is 35.5. The van der Waals surface area contributed by atoms with Crippen LogP contribution in [-0.4, -0.2) is 29.9 Å². The van der Waals surface area contributed by atoms with Gasteiger partial charge in [0.15, 0.2) is 11.5 Å². The molecule has 0 saturated carbocycles. The van der Waals surface area contributed by atoms with Gasteiger partial charge in [-0.15, -0.1) is 0 Å². The van der Waals surface area contributed by atoms with Crippen LogP contribution in [0.15, 0.2) is 53.3 Å². The van der Waals surface area contributed by atoms with Gasteiger partial charge in [-0.2, -0.15) is 10.4 Å². The highest BCUT2D eigenvalue weighted by Crippen LogP contribution is 2.31. The molecule has 32 heavy (non-hydrogen) atoms. The average Bonchev–Trinajstić information content (AvgIpc) is 2.80. The fourth-order valence-electron chi connectivity index (χ4n) is 3.08. The van der Waals surface area contributed by atoms with Crippen molar-refractivity contribution < 1.29 is 14.3 Å². The summed E-state index contributed by atoms with van der Waals surface area (Å²) in [6.07, 6.45) is 0.530. The number of nitriles is 1. The maximum Gasteiger partial charge on any atom is 0.266 e. The van der Waals surface area contributed by atoms with Crippen molar-refractivity contribution in [1.29, 1.82) is 5.26 Å². The van der Waals surface area contributed by atoms with E-state index in [0.717, 1.165) is 5.56 Å². The Balaban J connectivity index is 1.67. The van der Waals surface area contributed by atoms with Gasteiger partial charge in [-0.1, -0.05) is 11.6 Å². The van der Waals surface area contributed by atoms with E-state index in [2.05, 4.69) is 10.4 Å². The predicted octanol–water partition coefficient (Wildman–Crippen LogP) is 3.87. The number of rotatable bonds is 8. The molecule has 3 rings (SSSR count). The molecule has 1 aromatic heterocycles. The molecular weight excluding hydrogens is 432 g/mol. The van der Waals surface area contributed by atoms with Crippen LogP contribution in [0, 0.1) is 11.3 Å². The molecule has 3 aromatic rings. The largest absolute Gasteiger partial charge is 0.493 e. The van der Waals surface area contributed by atoms with Crippen LogP contribution in [0.25, 0.3) is 11.3 Å². The summed E-state index contributed by atoms with van der Waals surface area (Å²) in [5, 5.41) is 16.7. The summed E-state index contributed by atoms with van der Waals surface area (Å²) in [4.78, 5) is 24.5. The summed E-state index contributed by atoms with van der Waals surface area (Å²) in [5.41, 5.74) is 1.77. The number of methoxy groups -OCH3 is 2. The number of hydrogen-bond acceptors (Lipinski definition) is 6. The monoisotopic (exact) mass is 452 g/mol. The summed E-state index contributed by atoms with van der Waals surface area (Å²) in [5.74, 6) is 0.863. The Labute approximate surface area is 190 Å². The molecule has 1 N–H and O–H groups in total. The molecule has 1 heterocycles. The number of nitrogens with one attached hydrogen (secondary N) is 1. The fourth-order valence-corrected chi connectivity index (χ4v) is 3.25. The summed E-state index contributed by atoms with van der Waals surface area (Å²) >= 11 is 5.94. The number of carbonyl (C=O) groups excluding carboxylic acids is 1. The summed E-state index contributed by atoms with van der Waals surface area (Å²) < 4.78 is 11.9. The van der Waals surface area contributed by atoms with E-state index in [-0.39, 0.29) is 24.4 Å². The Morgan fingerprint density at radius 3 is 2.62 bits per heavy atom. The lowest BCUT2D eigenvalue weighted by Crippen LogP contribution is -2.23. The van der Waals surface area contributed by atoms with Gasteiger partial charge in [0, 0.05) is 29.6 Å². The van der Waals surface area contributed by atoms with Crippen molar-refractivity contribution in [2.45, 2.75) is 19.4 Å². The Bertz CT molecular complexity index is 1230. The van der Waals surface area contributed by atoms with Crippen molar-refractivity contribution in [3.8, 4) is 28.8 Å². The topological polar surface area (TPSA) is 106 Å². The Kier molecular flexibility index (Phi) is 7.47. The van der Waals surface area contributed by atoms with Crippen LogP contribution in [0.1, 0.15) is 18.4 Å². The number of aryl methyl sites for hydroxylation is 1. The van der Waals surface area contributed by atoms with Crippen molar-refractivity contribution in [2.75, 3.05) is 19.5 Å². The zero-order chi connectivity index (χ0) is 23.1. The second kappa shape index (κ2) is 10.5. The third-order valence-electron chi connectivity index (χ3n) is 4.70. The maximum absolute atomic E-state index is 12.3. The number of hydrogen-bond donors (Lipinski definition) is 1. The van der Waals surface area contributed by atoms with Gasteiger partial charge in [0.1, 0.15) is 6.07 Å². The molecular formula is C23H21ClN4O4. The molecule has 0 unspecified atom stereocenters. The first-order valence-electron chi connectivity index (χ1n) is 9.75. The number of anilines is 1. The van der Waals surface area contributed by atoms with Gasteiger partial charge in [0.2, 0.25) is 5.91 Å². The second-order valence-electron chi connectivity index (χ2n) is 6.80. The first kappa shape index (κ1) is 22.8. The van der Waals surface area contributed by atoms with E-state index >= 15 is 0 Å². The molecule has 8 nitrogen and oxygen atoms in total. The molecule has 0 saturated heterocycles. The summed E-state index contributed by atoms with van der Waals surface area (Å²) in [6.45, 7) is 0.258. The third kappa shape index (κ3) is 5.45. The van der Waals surface area contributed by atoms with Crippen molar-refractivity contribution in [3.63, 3.8) is 0 Å². The van der Waals surface area contributed by atoms with Gasteiger partial charge in [-0.05, 0) is 48.9 Å². The number of aromatic nitrogens is 2. The van der Waals surface area contributed by atoms with Gasteiger partial charge in [-0.25, -0.2) is 4.68 Å². The van der Waals surface area contributed by atoms with Crippen LogP contribution in [0.5, 0.6) is 11.5 Å². The number of carbonyl (C=O) groups is 1. The molecule has 0 aliphatic carbocycles. The van der Waals surface area contributed by atoms with E-state index in [0.29, 0.717) is 39.9 Å². The first-order chi connectivity index (χ1) is 15.4. The Morgan fingerprint density at radius 1 is 1.12 bits per heavy atom. The van der Waals surface area contributed by atoms with Gasteiger partial charge in [0.25, 0.3) is 5.56 Å². The van der Waals surface area contributed by atoms with Crippen molar-refractivity contribution in [2.24, 2.45) is 0 Å². The molecule has 0 bridgehead atoms. The average molecular weight is 453 g/mol. The summed E-state index contributed by atoms with van der Waals surface area (Å²) in [7, 11) is 3.10. The van der Waals surface area contributed by atoms with E-state index in [1.165, 1.54) is 16.8 Å². The van der Waals surface area contributed by atoms with Gasteiger partial charge < -0.3 is 14.8 Å². The number of benzene rings is 2. The number of nitrogens with zero attached hydrogens (tertiary/aromatic N) is 3. The quantitative estimate of drug-likeness (QED) is 0.556. The van der Waals surface area contributed by atoms with Crippen LogP contribution in [-0.2, 0) is 11.3 Å². The van der Waals surface area contributed by atoms with Crippen molar-refractivity contribution >= 4 is 23.2 Å². The molecule has 0 radical (unpaired) electrons. The molecule has 9 heteroatoms. The number of amides is 1. The first-order valence-corrected chi connectivity index (χ1v) is 10.1. The number of ether oxygens (including phenoxy) is 2. The van der Waals surface area contributed by atoms with Gasteiger partial charge in [-0.3, -0.25) is 9.59 Å². The van der Waals surface area contributed by atoms with Gasteiger partial charge >= 0.3 is 0 Å². The molecule has 0 aliphatic rings. The molecule has 2 aromatic carbocycles. The maximum atomic E-state index is 12.3. The second-order valence-corrected chi connectivity index (χ2v) is 7.24. The minimum absolute atomic E-state index is 0.145. The molecule has 0 atom stereocenters. The standard InChI is InChI=1S/C23H21ClN4O4/c1-31-20-9-6-15(12-21(20)32-2)18-8-10-23(30)28(27-18)11-3-4-22(29)26-19-13-17(24)7-5-16(19)14-25/h5-10,12-13H,3-4,11H2,1-2H3,(H,26,29). The zero-order valence-electron chi connectivity index (χ0n) is 17.6. The predicted molar refractivity (Wildman–Crippen MR) is 121 cm³/mol. The number of halogens is 1. The lowest BCUT2D eigenvalue weighted by Gasteiger charge is -2.11. The smallest absolute Gasteiger partial charge is 0.266 e. The minimum Gasteiger partial charge on any atom is -0.493 e. The van der Waals surface area contributed by atoms with Crippen LogP contribution in [0.4, 0.5) is 5.69 Å². The Hall–Kier alpha value is -3.83. The highest BCUT2D eigenvalue weighted by molar-refractivity contribution is 6.31. The minimum atomic E-state index is -0.284. The van der Waals surface area contributed by atoms with Crippen LogP contribution in [0.2, 0.25) is 5.02 Å². The van der Waals surface area contributed by atoms with Crippen LogP contribution in [0.3, 0.4) is 0 Å². The molecule has 164 valence electrons. The van der Waals surface area contributed by atoms with Crippen LogP contribution >= 0.6 is 11.6 Å². The van der Waals surface area contributed by atoms with E-state index in [1.54, 1.807) is 44.6 Å². The van der Waals surface area contributed by atoms with Gasteiger partial charge in [0.05, 0.1) is 31.2 Å². The SMILES string of the molecule is COc1ccc(-c2ccc(=O)n(CCCC(=O)Nc3cc(Cl)ccc3C#N)n2)cc1OC. The molecule has 0 fully saturated rings. The zero-order valence-corrected chi connectivity index (χ0v) is 18.3. The van der Waals surface area contributed by atoms with E-state index in [9.17, 15) is 9.59 Å². The summed E-state index contributed by atoms with van der Waals surface area (Å²) in [6, 6.07) is 15.1. The molecule has 0 spiro atoms. The van der Waals surface area contributed by atoms with Crippen molar-refractivity contribution in [3.05, 3.63) is 69.5 Å². The van der Waals surface area contributed by atoms with E-state index in [1.807, 2.05) is 12.1 Å².